The lowest BCUT2D eigenvalue weighted by atomic mass is 10.1. The first kappa shape index (κ1) is 14.6. The first-order valence-corrected chi connectivity index (χ1v) is 6.19. The Morgan fingerprint density at radius 1 is 1.24 bits per heavy atom. The lowest BCUT2D eigenvalue weighted by Crippen LogP contribution is -2.11. The summed E-state index contributed by atoms with van der Waals surface area (Å²) < 4.78 is 18.7. The zero-order valence-electron chi connectivity index (χ0n) is 11.2. The molecule has 2 rings (SSSR count). The number of carbonyl (C=O) groups is 1. The molecule has 2 aromatic rings. The monoisotopic (exact) mass is 289 g/mol. The molecular weight excluding hydrogens is 277 g/mol. The molecule has 0 fully saturated rings. The van der Waals surface area contributed by atoms with E-state index in [0.29, 0.717) is 0 Å². The van der Waals surface area contributed by atoms with Crippen LogP contribution in [0.3, 0.4) is 0 Å². The van der Waals surface area contributed by atoms with Gasteiger partial charge in [-0.25, -0.2) is 9.18 Å². The molecule has 0 bridgehead atoms. The van der Waals surface area contributed by atoms with E-state index in [9.17, 15) is 19.3 Å². The predicted octanol–water partition coefficient (Wildman–Crippen LogP) is 3.65. The largest absolute Gasteiger partial charge is 0.454 e. The number of ether oxygens (including phenoxy) is 1. The number of halogens is 1. The van der Waals surface area contributed by atoms with Gasteiger partial charge in [-0.2, -0.15) is 0 Å². The van der Waals surface area contributed by atoms with Crippen molar-refractivity contribution in [1.82, 2.24) is 0 Å². The van der Waals surface area contributed by atoms with Crippen LogP contribution >= 0.6 is 0 Å². The molecule has 0 spiro atoms. The Morgan fingerprint density at radius 3 is 2.52 bits per heavy atom. The molecule has 0 saturated carbocycles. The Bertz CT molecular complexity index is 673. The van der Waals surface area contributed by atoms with E-state index < -0.39 is 28.4 Å². The van der Waals surface area contributed by atoms with Crippen LogP contribution in [0.15, 0.2) is 48.5 Å². The van der Waals surface area contributed by atoms with Gasteiger partial charge in [0.25, 0.3) is 5.69 Å². The number of esters is 1. The van der Waals surface area contributed by atoms with Gasteiger partial charge in [-0.15, -0.1) is 0 Å². The van der Waals surface area contributed by atoms with E-state index in [2.05, 4.69) is 0 Å². The smallest absolute Gasteiger partial charge is 0.341 e. The van der Waals surface area contributed by atoms with Crippen LogP contribution in [0, 0.1) is 15.9 Å². The Hall–Kier alpha value is -2.76. The first-order chi connectivity index (χ1) is 9.99. The zero-order valence-corrected chi connectivity index (χ0v) is 11.2. The highest BCUT2D eigenvalue weighted by Gasteiger charge is 2.20. The van der Waals surface area contributed by atoms with Crippen LogP contribution in [-0.2, 0) is 4.74 Å². The molecule has 0 aromatic heterocycles. The zero-order chi connectivity index (χ0) is 15.4. The summed E-state index contributed by atoms with van der Waals surface area (Å²) in [6, 6.07) is 11.7. The molecule has 1 atom stereocenters. The Labute approximate surface area is 120 Å². The molecule has 2 aromatic carbocycles. The van der Waals surface area contributed by atoms with E-state index in [1.54, 1.807) is 31.2 Å². The average Bonchev–Trinajstić information content (AvgIpc) is 2.48. The summed E-state index contributed by atoms with van der Waals surface area (Å²) in [4.78, 5) is 21.9. The minimum atomic E-state index is -0.937. The summed E-state index contributed by atoms with van der Waals surface area (Å²) in [5.74, 6) is -1.79. The summed E-state index contributed by atoms with van der Waals surface area (Å²) in [5.41, 5.74) is -0.0700. The third kappa shape index (κ3) is 3.42. The molecule has 1 unspecified atom stereocenters. The van der Waals surface area contributed by atoms with Crippen LogP contribution < -0.4 is 0 Å². The van der Waals surface area contributed by atoms with Crippen LogP contribution in [0.2, 0.25) is 0 Å². The number of carbonyl (C=O) groups excluding carboxylic acids is 1. The van der Waals surface area contributed by atoms with Crippen molar-refractivity contribution in [3.05, 3.63) is 75.6 Å². The third-order valence-corrected chi connectivity index (χ3v) is 2.93. The van der Waals surface area contributed by atoms with Gasteiger partial charge in [0.15, 0.2) is 0 Å². The molecule has 0 amide bonds. The number of nitrogens with zero attached hydrogens (tertiary/aromatic N) is 1. The van der Waals surface area contributed by atoms with Gasteiger partial charge < -0.3 is 4.74 Å². The van der Waals surface area contributed by atoms with Crippen LogP contribution in [0.25, 0.3) is 0 Å². The second-order valence-electron chi connectivity index (χ2n) is 4.38. The van der Waals surface area contributed by atoms with E-state index in [-0.39, 0.29) is 5.69 Å². The second-order valence-corrected chi connectivity index (χ2v) is 4.38. The first-order valence-electron chi connectivity index (χ1n) is 6.19. The molecule has 0 aliphatic rings. The predicted molar refractivity (Wildman–Crippen MR) is 73.3 cm³/mol. The van der Waals surface area contributed by atoms with E-state index in [1.165, 1.54) is 0 Å². The average molecular weight is 289 g/mol. The fourth-order valence-corrected chi connectivity index (χ4v) is 1.80. The van der Waals surface area contributed by atoms with Crippen LogP contribution in [0.1, 0.15) is 28.9 Å². The number of benzene rings is 2. The second kappa shape index (κ2) is 6.13. The number of hydrogen-bond donors (Lipinski definition) is 0. The quantitative estimate of drug-likeness (QED) is 0.489. The van der Waals surface area contributed by atoms with Crippen LogP contribution in [0.4, 0.5) is 10.1 Å². The molecule has 0 saturated heterocycles. The van der Waals surface area contributed by atoms with Crippen molar-refractivity contribution < 1.29 is 18.8 Å². The van der Waals surface area contributed by atoms with Gasteiger partial charge in [0.2, 0.25) is 0 Å². The summed E-state index contributed by atoms with van der Waals surface area (Å²) in [5, 5.41) is 10.7. The van der Waals surface area contributed by atoms with Crippen molar-refractivity contribution >= 4 is 11.7 Å². The lowest BCUT2D eigenvalue weighted by Gasteiger charge is -2.13. The van der Waals surface area contributed by atoms with Gasteiger partial charge in [0.1, 0.15) is 17.5 Å². The van der Waals surface area contributed by atoms with Gasteiger partial charge in [0, 0.05) is 12.1 Å². The van der Waals surface area contributed by atoms with Crippen molar-refractivity contribution in [2.75, 3.05) is 0 Å². The molecule has 0 N–H and O–H groups in total. The summed E-state index contributed by atoms with van der Waals surface area (Å²) in [6.45, 7) is 1.64. The minimum absolute atomic E-state index is 0.365. The third-order valence-electron chi connectivity index (χ3n) is 2.93. The van der Waals surface area contributed by atoms with E-state index >= 15 is 0 Å². The van der Waals surface area contributed by atoms with Crippen molar-refractivity contribution in [3.8, 4) is 0 Å². The molecule has 0 heterocycles. The Balaban J connectivity index is 2.21. The highest BCUT2D eigenvalue weighted by atomic mass is 19.1. The van der Waals surface area contributed by atoms with Gasteiger partial charge in [-0.3, -0.25) is 10.1 Å². The van der Waals surface area contributed by atoms with Gasteiger partial charge in [-0.1, -0.05) is 30.3 Å². The van der Waals surface area contributed by atoms with E-state index in [1.807, 2.05) is 6.07 Å². The van der Waals surface area contributed by atoms with Gasteiger partial charge >= 0.3 is 5.97 Å². The molecule has 21 heavy (non-hydrogen) atoms. The highest BCUT2D eigenvalue weighted by molar-refractivity contribution is 5.90. The summed E-state index contributed by atoms with van der Waals surface area (Å²) >= 11 is 0. The molecular formula is C15H12FNO4. The van der Waals surface area contributed by atoms with Crippen LogP contribution in [-0.4, -0.2) is 10.9 Å². The maximum atomic E-state index is 13.6. The molecule has 108 valence electrons. The Kier molecular flexibility index (Phi) is 4.27. The topological polar surface area (TPSA) is 69.4 Å². The molecule has 0 aliphatic heterocycles. The lowest BCUT2D eigenvalue weighted by molar-refractivity contribution is -0.384. The normalized spacial score (nSPS) is 11.7. The molecule has 5 nitrogen and oxygen atoms in total. The molecule has 0 aliphatic carbocycles. The minimum Gasteiger partial charge on any atom is -0.454 e. The van der Waals surface area contributed by atoms with Crippen molar-refractivity contribution in [2.24, 2.45) is 0 Å². The number of nitro groups is 1. The maximum absolute atomic E-state index is 13.6. The number of rotatable bonds is 4. The SMILES string of the molecule is CC(OC(=O)c1cc([N+](=O)[O-])ccc1F)c1ccccc1. The van der Waals surface area contributed by atoms with E-state index in [4.69, 9.17) is 4.74 Å². The maximum Gasteiger partial charge on any atom is 0.341 e. The standard InChI is InChI=1S/C15H12FNO4/c1-10(11-5-3-2-4-6-11)21-15(18)13-9-12(17(19)20)7-8-14(13)16/h2-10H,1H3. The summed E-state index contributed by atoms with van der Waals surface area (Å²) in [6.07, 6.45) is -0.586. The molecule has 0 radical (unpaired) electrons. The van der Waals surface area contributed by atoms with Crippen molar-refractivity contribution in [2.45, 2.75) is 13.0 Å². The van der Waals surface area contributed by atoms with Crippen molar-refractivity contribution in [3.63, 3.8) is 0 Å². The number of non-ortho nitro benzene ring substituents is 1. The molecule has 6 heteroatoms. The number of hydrogen-bond acceptors (Lipinski definition) is 4. The number of nitro benzene ring substituents is 1. The fraction of sp³-hybridized carbons (Fsp3) is 0.133. The fourth-order valence-electron chi connectivity index (χ4n) is 1.80. The van der Waals surface area contributed by atoms with E-state index in [0.717, 1.165) is 23.8 Å². The highest BCUT2D eigenvalue weighted by Crippen LogP contribution is 2.22. The van der Waals surface area contributed by atoms with Crippen molar-refractivity contribution in [1.29, 1.82) is 0 Å². The van der Waals surface area contributed by atoms with Gasteiger partial charge in [0.05, 0.1) is 4.92 Å². The Morgan fingerprint density at radius 2 is 1.90 bits per heavy atom. The van der Waals surface area contributed by atoms with Crippen LogP contribution in [0.5, 0.6) is 0 Å². The van der Waals surface area contributed by atoms with Gasteiger partial charge in [-0.05, 0) is 18.6 Å². The summed E-state index contributed by atoms with van der Waals surface area (Å²) in [7, 11) is 0.